The highest BCUT2D eigenvalue weighted by Gasteiger charge is 2.22. The van der Waals surface area contributed by atoms with Crippen molar-refractivity contribution in [3.8, 4) is 56.4 Å². The summed E-state index contributed by atoms with van der Waals surface area (Å²) in [7, 11) is 0. The van der Waals surface area contributed by atoms with Gasteiger partial charge in [-0.25, -0.2) is 0 Å². The van der Waals surface area contributed by atoms with Crippen molar-refractivity contribution in [2.24, 2.45) is 0 Å². The van der Waals surface area contributed by atoms with E-state index in [0.717, 1.165) is 34.1 Å². The highest BCUT2D eigenvalue weighted by molar-refractivity contribution is 6.26. The molecule has 0 N–H and O–H groups in total. The summed E-state index contributed by atoms with van der Waals surface area (Å²) in [6.07, 6.45) is 0. The molecule has 0 spiro atoms. The largest absolute Gasteiger partial charge is 0.449 e. The van der Waals surface area contributed by atoms with Gasteiger partial charge in [-0.15, -0.1) is 0 Å². The smallest absolute Gasteiger partial charge is 0.177 e. The van der Waals surface area contributed by atoms with E-state index in [4.69, 9.17) is 9.47 Å². The van der Waals surface area contributed by atoms with E-state index in [1.807, 2.05) is 36.4 Å². The number of fused-ring (bicyclic) bond motifs is 8. The topological polar surface area (TPSA) is 18.5 Å². The summed E-state index contributed by atoms with van der Waals surface area (Å²) in [6, 6.07) is 55.7. The molecule has 0 unspecified atom stereocenters. The van der Waals surface area contributed by atoms with Gasteiger partial charge in [-0.05, 0) is 90.5 Å². The molecule has 1 aliphatic heterocycles. The third-order valence-electron chi connectivity index (χ3n) is 8.73. The highest BCUT2D eigenvalue weighted by Crippen LogP contribution is 2.49. The fraction of sp³-hybridized carbons (Fsp3) is 0. The fourth-order valence-corrected chi connectivity index (χ4v) is 6.56. The SMILES string of the molecule is c1ccc(-c2ccc3c(c2)c2ccccc2c2ccc(-c4ccc(-c5cccc6c5Oc5ccccc5O6)cc4)cc23)cc1. The second-order valence-corrected chi connectivity index (χ2v) is 11.3. The van der Waals surface area contributed by atoms with Crippen molar-refractivity contribution in [1.82, 2.24) is 0 Å². The van der Waals surface area contributed by atoms with Crippen LogP contribution in [0.15, 0.2) is 158 Å². The van der Waals surface area contributed by atoms with Gasteiger partial charge in [0.1, 0.15) is 0 Å². The van der Waals surface area contributed by atoms with Crippen molar-refractivity contribution in [2.45, 2.75) is 0 Å². The molecule has 1 aliphatic rings. The molecule has 0 bridgehead atoms. The first kappa shape index (κ1) is 24.7. The average Bonchev–Trinajstić information content (AvgIpc) is 3.10. The molecule has 0 saturated carbocycles. The first-order valence-electron chi connectivity index (χ1n) is 14.9. The minimum atomic E-state index is 0.731. The normalized spacial score (nSPS) is 12.0. The molecular weight excluding hydrogens is 536 g/mol. The number of para-hydroxylation sites is 3. The molecule has 2 nitrogen and oxygen atoms in total. The van der Waals surface area contributed by atoms with Crippen molar-refractivity contribution >= 4 is 32.3 Å². The van der Waals surface area contributed by atoms with Gasteiger partial charge < -0.3 is 9.47 Å². The molecule has 0 radical (unpaired) electrons. The third-order valence-corrected chi connectivity index (χ3v) is 8.73. The van der Waals surface area contributed by atoms with Crippen LogP contribution >= 0.6 is 0 Å². The van der Waals surface area contributed by atoms with E-state index in [1.54, 1.807) is 0 Å². The number of rotatable bonds is 3. The van der Waals surface area contributed by atoms with Gasteiger partial charge >= 0.3 is 0 Å². The van der Waals surface area contributed by atoms with Crippen LogP contribution < -0.4 is 9.47 Å². The van der Waals surface area contributed by atoms with Crippen LogP contribution in [0.1, 0.15) is 0 Å². The molecular formula is C42H26O2. The van der Waals surface area contributed by atoms with Crippen LogP contribution in [-0.4, -0.2) is 0 Å². The lowest BCUT2D eigenvalue weighted by Gasteiger charge is -2.22. The average molecular weight is 563 g/mol. The highest BCUT2D eigenvalue weighted by atomic mass is 16.6. The van der Waals surface area contributed by atoms with Crippen molar-refractivity contribution in [3.63, 3.8) is 0 Å². The van der Waals surface area contributed by atoms with Crippen LogP contribution in [0, 0.1) is 0 Å². The molecule has 0 fully saturated rings. The summed E-state index contributed by atoms with van der Waals surface area (Å²) in [5.74, 6) is 2.95. The molecule has 9 rings (SSSR count). The lowest BCUT2D eigenvalue weighted by Crippen LogP contribution is -2.00. The Labute approximate surface area is 255 Å². The second-order valence-electron chi connectivity index (χ2n) is 11.3. The molecule has 0 saturated heterocycles. The van der Waals surface area contributed by atoms with Crippen LogP contribution in [0.25, 0.3) is 65.7 Å². The molecule has 0 aliphatic carbocycles. The van der Waals surface area contributed by atoms with Crippen LogP contribution in [0.4, 0.5) is 0 Å². The van der Waals surface area contributed by atoms with Gasteiger partial charge in [-0.3, -0.25) is 0 Å². The molecule has 2 heteroatoms. The van der Waals surface area contributed by atoms with Crippen LogP contribution in [-0.2, 0) is 0 Å². The predicted molar refractivity (Wildman–Crippen MR) is 182 cm³/mol. The first-order valence-corrected chi connectivity index (χ1v) is 14.9. The molecule has 8 aromatic carbocycles. The number of benzene rings is 8. The van der Waals surface area contributed by atoms with Crippen LogP contribution in [0.5, 0.6) is 23.0 Å². The second kappa shape index (κ2) is 9.86. The molecule has 0 aromatic heterocycles. The Morgan fingerprint density at radius 2 is 0.750 bits per heavy atom. The van der Waals surface area contributed by atoms with E-state index >= 15 is 0 Å². The van der Waals surface area contributed by atoms with Crippen molar-refractivity contribution in [3.05, 3.63) is 158 Å². The van der Waals surface area contributed by atoms with Gasteiger partial charge in [0.25, 0.3) is 0 Å². The molecule has 0 atom stereocenters. The molecule has 44 heavy (non-hydrogen) atoms. The number of ether oxygens (including phenoxy) is 2. The van der Waals surface area contributed by atoms with Gasteiger partial charge in [0, 0.05) is 5.56 Å². The maximum atomic E-state index is 6.31. The van der Waals surface area contributed by atoms with E-state index in [-0.39, 0.29) is 0 Å². The predicted octanol–water partition coefficient (Wildman–Crippen LogP) is 12.0. The number of hydrogen-bond donors (Lipinski definition) is 0. The zero-order chi connectivity index (χ0) is 29.0. The summed E-state index contributed by atoms with van der Waals surface area (Å²) in [5.41, 5.74) is 6.91. The lowest BCUT2D eigenvalue weighted by atomic mass is 9.90. The lowest BCUT2D eigenvalue weighted by molar-refractivity contribution is 0.361. The van der Waals surface area contributed by atoms with Gasteiger partial charge in [0.05, 0.1) is 0 Å². The first-order chi connectivity index (χ1) is 21.8. The number of hydrogen-bond acceptors (Lipinski definition) is 2. The standard InChI is InChI=1S/C42H26O2/c1-2-9-27(10-3-1)30-22-24-36-37(25-30)34-12-5-4-11-33(34)35-23-21-31(26-38(35)36)28-17-19-29(20-18-28)32-13-8-16-41-42(32)44-40-15-7-6-14-39(40)43-41/h1-26H. The van der Waals surface area contributed by atoms with E-state index in [0.29, 0.717) is 0 Å². The third kappa shape index (κ3) is 3.96. The zero-order valence-corrected chi connectivity index (χ0v) is 23.8. The minimum absolute atomic E-state index is 0.731. The Balaban J connectivity index is 1.14. The summed E-state index contributed by atoms with van der Waals surface area (Å²) < 4.78 is 12.5. The van der Waals surface area contributed by atoms with Gasteiger partial charge in [-0.2, -0.15) is 0 Å². The summed E-state index contributed by atoms with van der Waals surface area (Å²) in [6.45, 7) is 0. The zero-order valence-electron chi connectivity index (χ0n) is 23.8. The Hall–Kier alpha value is -5.86. The summed E-state index contributed by atoms with van der Waals surface area (Å²) >= 11 is 0. The molecule has 206 valence electrons. The van der Waals surface area contributed by atoms with Gasteiger partial charge in [0.15, 0.2) is 23.0 Å². The summed E-state index contributed by atoms with van der Waals surface area (Å²) in [4.78, 5) is 0. The van der Waals surface area contributed by atoms with E-state index in [2.05, 4.69) is 121 Å². The Kier molecular flexibility index (Phi) is 5.54. The Bertz CT molecular complexity index is 2370. The fourth-order valence-electron chi connectivity index (χ4n) is 6.56. The molecule has 1 heterocycles. The van der Waals surface area contributed by atoms with Crippen LogP contribution in [0.2, 0.25) is 0 Å². The van der Waals surface area contributed by atoms with E-state index < -0.39 is 0 Å². The van der Waals surface area contributed by atoms with E-state index in [9.17, 15) is 0 Å². The Morgan fingerprint density at radius 3 is 1.45 bits per heavy atom. The molecule has 8 aromatic rings. The quantitative estimate of drug-likeness (QED) is 0.199. The van der Waals surface area contributed by atoms with E-state index in [1.165, 1.54) is 54.6 Å². The molecule has 0 amide bonds. The van der Waals surface area contributed by atoms with Crippen LogP contribution in [0.3, 0.4) is 0 Å². The Morgan fingerprint density at radius 1 is 0.273 bits per heavy atom. The van der Waals surface area contributed by atoms with Crippen molar-refractivity contribution in [1.29, 1.82) is 0 Å². The van der Waals surface area contributed by atoms with Gasteiger partial charge in [0.2, 0.25) is 0 Å². The van der Waals surface area contributed by atoms with Crippen molar-refractivity contribution in [2.75, 3.05) is 0 Å². The van der Waals surface area contributed by atoms with Gasteiger partial charge in [-0.1, -0.05) is 127 Å². The maximum absolute atomic E-state index is 6.31. The van der Waals surface area contributed by atoms with Crippen molar-refractivity contribution < 1.29 is 9.47 Å². The summed E-state index contributed by atoms with van der Waals surface area (Å²) in [5, 5.41) is 7.64. The minimum Gasteiger partial charge on any atom is -0.449 e. The monoisotopic (exact) mass is 562 g/mol. The maximum Gasteiger partial charge on any atom is 0.177 e.